The van der Waals surface area contributed by atoms with Gasteiger partial charge in [-0.25, -0.2) is 0 Å². The van der Waals surface area contributed by atoms with Crippen molar-refractivity contribution in [3.05, 3.63) is 0 Å². The van der Waals surface area contributed by atoms with Gasteiger partial charge in [0.2, 0.25) is 11.9 Å². The molecule has 1 aromatic rings. The van der Waals surface area contributed by atoms with Crippen molar-refractivity contribution in [1.29, 1.82) is 0 Å². The topological polar surface area (TPSA) is 86.0 Å². The zero-order chi connectivity index (χ0) is 14.1. The molecule has 1 aromatic heterocycles. The summed E-state index contributed by atoms with van der Waals surface area (Å²) in [5.74, 6) is 3.26. The van der Waals surface area contributed by atoms with Crippen molar-refractivity contribution >= 4 is 11.9 Å². The van der Waals surface area contributed by atoms with Crippen LogP contribution in [0.5, 0.6) is 6.01 Å². The summed E-state index contributed by atoms with van der Waals surface area (Å²) in [6.45, 7) is 4.63. The van der Waals surface area contributed by atoms with E-state index in [0.717, 1.165) is 17.8 Å². The average molecular weight is 277 g/mol. The van der Waals surface area contributed by atoms with Crippen LogP contribution in [0.4, 0.5) is 11.9 Å². The molecule has 4 unspecified atom stereocenters. The van der Waals surface area contributed by atoms with Crippen LogP contribution >= 0.6 is 0 Å². The summed E-state index contributed by atoms with van der Waals surface area (Å²) < 4.78 is 5.30. The Kier molecular flexibility index (Phi) is 3.63. The molecule has 6 nitrogen and oxygen atoms in total. The molecule has 0 aliphatic heterocycles. The van der Waals surface area contributed by atoms with Gasteiger partial charge in [0.1, 0.15) is 0 Å². The third kappa shape index (κ3) is 2.64. The molecule has 6 heteroatoms. The van der Waals surface area contributed by atoms with E-state index in [1.165, 1.54) is 25.7 Å². The molecule has 0 saturated heterocycles. The minimum absolute atomic E-state index is 0.200. The number of fused-ring (bicyclic) bond motifs is 2. The Bertz CT molecular complexity index is 481. The monoisotopic (exact) mass is 277 g/mol. The van der Waals surface area contributed by atoms with Gasteiger partial charge in [0.05, 0.1) is 6.61 Å². The van der Waals surface area contributed by atoms with Crippen LogP contribution in [0.1, 0.15) is 39.5 Å². The van der Waals surface area contributed by atoms with Crippen LogP contribution in [0, 0.1) is 17.8 Å². The van der Waals surface area contributed by atoms with Crippen molar-refractivity contribution < 1.29 is 4.74 Å². The Morgan fingerprint density at radius 2 is 2.15 bits per heavy atom. The summed E-state index contributed by atoms with van der Waals surface area (Å²) in [4.78, 5) is 12.4. The molecule has 3 N–H and O–H groups in total. The van der Waals surface area contributed by atoms with Gasteiger partial charge in [0.25, 0.3) is 0 Å². The van der Waals surface area contributed by atoms with Gasteiger partial charge < -0.3 is 15.8 Å². The van der Waals surface area contributed by atoms with Gasteiger partial charge in [-0.3, -0.25) is 0 Å². The Morgan fingerprint density at radius 1 is 1.30 bits per heavy atom. The van der Waals surface area contributed by atoms with Crippen LogP contribution in [0.25, 0.3) is 0 Å². The van der Waals surface area contributed by atoms with E-state index in [1.54, 1.807) is 0 Å². The number of aromatic nitrogens is 3. The van der Waals surface area contributed by atoms with Crippen molar-refractivity contribution in [2.45, 2.75) is 45.6 Å². The minimum Gasteiger partial charge on any atom is -0.464 e. The smallest absolute Gasteiger partial charge is 0.323 e. The highest BCUT2D eigenvalue weighted by Crippen LogP contribution is 2.49. The molecule has 0 amide bonds. The number of rotatable bonds is 5. The Balaban J connectivity index is 1.67. The van der Waals surface area contributed by atoms with E-state index in [4.69, 9.17) is 10.5 Å². The van der Waals surface area contributed by atoms with Crippen molar-refractivity contribution in [2.75, 3.05) is 17.7 Å². The average Bonchev–Trinajstić information content (AvgIpc) is 3.00. The second-order valence-electron chi connectivity index (χ2n) is 6.00. The molecule has 3 rings (SSSR count). The van der Waals surface area contributed by atoms with Gasteiger partial charge in [-0.15, -0.1) is 0 Å². The van der Waals surface area contributed by atoms with Crippen LogP contribution in [-0.4, -0.2) is 27.6 Å². The van der Waals surface area contributed by atoms with E-state index >= 15 is 0 Å². The maximum Gasteiger partial charge on any atom is 0.323 e. The van der Waals surface area contributed by atoms with E-state index in [1.807, 2.05) is 6.92 Å². The lowest BCUT2D eigenvalue weighted by molar-refractivity contribution is 0.301. The van der Waals surface area contributed by atoms with E-state index in [9.17, 15) is 0 Å². The Labute approximate surface area is 119 Å². The number of nitrogens with zero attached hydrogens (tertiary/aromatic N) is 3. The predicted molar refractivity (Wildman–Crippen MR) is 77.4 cm³/mol. The molecule has 110 valence electrons. The Hall–Kier alpha value is -1.59. The highest BCUT2D eigenvalue weighted by molar-refractivity contribution is 5.33. The van der Waals surface area contributed by atoms with Gasteiger partial charge in [0, 0.05) is 6.04 Å². The normalized spacial score (nSPS) is 29.4. The van der Waals surface area contributed by atoms with Crippen LogP contribution in [-0.2, 0) is 0 Å². The van der Waals surface area contributed by atoms with Gasteiger partial charge in [0.15, 0.2) is 0 Å². The summed E-state index contributed by atoms with van der Waals surface area (Å²) >= 11 is 0. The van der Waals surface area contributed by atoms with Crippen molar-refractivity contribution in [3.8, 4) is 6.01 Å². The number of hydrogen-bond acceptors (Lipinski definition) is 6. The van der Waals surface area contributed by atoms with E-state index in [2.05, 4.69) is 27.2 Å². The molecule has 2 fully saturated rings. The van der Waals surface area contributed by atoms with Crippen molar-refractivity contribution in [2.24, 2.45) is 17.8 Å². The number of nitrogens with two attached hydrogens (primary N) is 1. The third-order valence-electron chi connectivity index (χ3n) is 4.70. The summed E-state index contributed by atoms with van der Waals surface area (Å²) in [6, 6.07) is 0.657. The minimum atomic E-state index is 0.200. The molecule has 20 heavy (non-hydrogen) atoms. The fraction of sp³-hybridized carbons (Fsp3) is 0.786. The maximum atomic E-state index is 5.70. The maximum absolute atomic E-state index is 5.70. The van der Waals surface area contributed by atoms with E-state index < -0.39 is 0 Å². The van der Waals surface area contributed by atoms with Gasteiger partial charge in [-0.05, 0) is 50.9 Å². The Morgan fingerprint density at radius 3 is 2.80 bits per heavy atom. The molecular formula is C14H23N5O. The van der Waals surface area contributed by atoms with Crippen molar-refractivity contribution in [3.63, 3.8) is 0 Å². The molecule has 4 atom stereocenters. The van der Waals surface area contributed by atoms with Gasteiger partial charge in [-0.2, -0.15) is 15.0 Å². The third-order valence-corrected chi connectivity index (χ3v) is 4.70. The summed E-state index contributed by atoms with van der Waals surface area (Å²) in [7, 11) is 0. The van der Waals surface area contributed by atoms with E-state index in [0.29, 0.717) is 24.6 Å². The van der Waals surface area contributed by atoms with Crippen LogP contribution in [0.2, 0.25) is 0 Å². The largest absolute Gasteiger partial charge is 0.464 e. The highest BCUT2D eigenvalue weighted by Gasteiger charge is 2.41. The van der Waals surface area contributed by atoms with Gasteiger partial charge >= 0.3 is 6.01 Å². The number of nitrogens with one attached hydrogen (secondary N) is 1. The van der Waals surface area contributed by atoms with Crippen molar-refractivity contribution in [1.82, 2.24) is 15.0 Å². The number of nitrogen functional groups attached to an aromatic ring is 1. The lowest BCUT2D eigenvalue weighted by Crippen LogP contribution is -2.30. The van der Waals surface area contributed by atoms with Gasteiger partial charge in [-0.1, -0.05) is 6.42 Å². The standard InChI is InChI=1S/C14H23N5O/c1-3-20-14-18-12(15)17-13(19-14)16-8(2)11-7-9-4-5-10(11)6-9/h8-11H,3-7H2,1-2H3,(H3,15,16,17,18,19). The fourth-order valence-corrected chi connectivity index (χ4v) is 3.85. The van der Waals surface area contributed by atoms with Crippen LogP contribution in [0.3, 0.4) is 0 Å². The molecule has 0 spiro atoms. The molecule has 2 aliphatic rings. The van der Waals surface area contributed by atoms with Crippen LogP contribution < -0.4 is 15.8 Å². The first-order chi connectivity index (χ1) is 9.65. The second-order valence-corrected chi connectivity index (χ2v) is 6.00. The first-order valence-corrected chi connectivity index (χ1v) is 7.56. The first-order valence-electron chi connectivity index (χ1n) is 7.56. The molecule has 0 radical (unpaired) electrons. The number of ether oxygens (including phenoxy) is 1. The molecular weight excluding hydrogens is 254 g/mol. The van der Waals surface area contributed by atoms with E-state index in [-0.39, 0.29) is 5.95 Å². The zero-order valence-electron chi connectivity index (χ0n) is 12.2. The first kappa shape index (κ1) is 13.4. The highest BCUT2D eigenvalue weighted by atomic mass is 16.5. The molecule has 1 heterocycles. The SMILES string of the molecule is CCOc1nc(N)nc(NC(C)C2CC3CCC2C3)n1. The zero-order valence-corrected chi connectivity index (χ0v) is 12.2. The number of anilines is 2. The summed E-state index contributed by atoms with van der Waals surface area (Å²) in [6.07, 6.45) is 5.53. The lowest BCUT2D eigenvalue weighted by atomic mass is 9.84. The quantitative estimate of drug-likeness (QED) is 0.857. The molecule has 2 aliphatic carbocycles. The molecule has 2 saturated carbocycles. The fourth-order valence-electron chi connectivity index (χ4n) is 3.85. The lowest BCUT2D eigenvalue weighted by Gasteiger charge is -2.28. The second kappa shape index (κ2) is 5.42. The summed E-state index contributed by atoms with van der Waals surface area (Å²) in [5.41, 5.74) is 5.70. The molecule has 0 aromatic carbocycles. The predicted octanol–water partition coefficient (Wildman–Crippen LogP) is 2.09. The molecule has 2 bridgehead atoms. The number of hydrogen-bond donors (Lipinski definition) is 2. The van der Waals surface area contributed by atoms with Crippen LogP contribution in [0.15, 0.2) is 0 Å². The summed E-state index contributed by atoms with van der Waals surface area (Å²) in [5, 5.41) is 3.39.